The molecule has 24 heavy (non-hydrogen) atoms. The van der Waals surface area contributed by atoms with Gasteiger partial charge < -0.3 is 0 Å². The second-order valence-corrected chi connectivity index (χ2v) is 6.05. The number of amides is 2. The van der Waals surface area contributed by atoms with Crippen molar-refractivity contribution in [3.05, 3.63) is 34.2 Å². The molecule has 0 radical (unpaired) electrons. The van der Waals surface area contributed by atoms with E-state index in [9.17, 15) is 14.4 Å². The van der Waals surface area contributed by atoms with Gasteiger partial charge in [-0.15, -0.1) is 0 Å². The van der Waals surface area contributed by atoms with Gasteiger partial charge in [-0.3, -0.25) is 24.0 Å². The molecule has 1 aromatic heterocycles. The number of carbonyl (C=O) groups excluding carboxylic acids is 2. The summed E-state index contributed by atoms with van der Waals surface area (Å²) in [7, 11) is 1.72. The highest BCUT2D eigenvalue weighted by Crippen LogP contribution is 2.28. The molecule has 1 unspecified atom stereocenters. The van der Waals surface area contributed by atoms with Crippen LogP contribution in [0.3, 0.4) is 0 Å². The van der Waals surface area contributed by atoms with Crippen molar-refractivity contribution in [2.75, 3.05) is 0 Å². The lowest BCUT2D eigenvalue weighted by Crippen LogP contribution is -2.44. The van der Waals surface area contributed by atoms with E-state index in [4.69, 9.17) is 0 Å². The van der Waals surface area contributed by atoms with Gasteiger partial charge in [-0.2, -0.15) is 0 Å². The molecule has 0 saturated carbocycles. The predicted octanol–water partition coefficient (Wildman–Crippen LogP) is 2.47. The average Bonchev–Trinajstić information content (AvgIpc) is 2.81. The van der Waals surface area contributed by atoms with Crippen LogP contribution in [0.1, 0.15) is 58.1 Å². The van der Waals surface area contributed by atoms with Crippen LogP contribution in [0.5, 0.6) is 0 Å². The molecule has 1 saturated heterocycles. The van der Waals surface area contributed by atoms with Crippen LogP contribution in [0.25, 0.3) is 11.0 Å². The van der Waals surface area contributed by atoms with Gasteiger partial charge in [-0.05, 0) is 24.0 Å². The Morgan fingerprint density at radius 3 is 2.42 bits per heavy atom. The molecule has 2 heterocycles. The molecule has 0 aliphatic carbocycles. The van der Waals surface area contributed by atoms with Crippen molar-refractivity contribution in [1.29, 1.82) is 0 Å². The van der Waals surface area contributed by atoms with Crippen molar-refractivity contribution in [3.8, 4) is 0 Å². The number of imidazole rings is 1. The number of piperidine rings is 1. The molecule has 6 nitrogen and oxygen atoms in total. The van der Waals surface area contributed by atoms with Gasteiger partial charge in [0.15, 0.2) is 0 Å². The van der Waals surface area contributed by atoms with E-state index in [0.29, 0.717) is 6.42 Å². The van der Waals surface area contributed by atoms with E-state index in [2.05, 4.69) is 19.2 Å². The highest BCUT2D eigenvalue weighted by Gasteiger charge is 2.31. The smallest absolute Gasteiger partial charge is 0.295 e. The van der Waals surface area contributed by atoms with Gasteiger partial charge in [0.2, 0.25) is 11.8 Å². The molecule has 1 atom stereocenters. The van der Waals surface area contributed by atoms with E-state index >= 15 is 0 Å². The Kier molecular flexibility index (Phi) is 5.26. The van der Waals surface area contributed by atoms with Crippen molar-refractivity contribution in [2.45, 2.75) is 52.5 Å². The Bertz CT molecular complexity index is 830. The van der Waals surface area contributed by atoms with Crippen molar-refractivity contribution in [1.82, 2.24) is 14.5 Å². The number of benzene rings is 1. The molecule has 2 amide bonds. The number of carbonyl (C=O) groups is 2. The molecule has 0 bridgehead atoms. The number of nitrogens with one attached hydrogen (secondary N) is 1. The third-order valence-corrected chi connectivity index (χ3v) is 4.28. The molecule has 6 heteroatoms. The van der Waals surface area contributed by atoms with E-state index in [1.54, 1.807) is 11.6 Å². The summed E-state index contributed by atoms with van der Waals surface area (Å²) in [6.45, 7) is 8.14. The number of hydrogen-bond donors (Lipinski definition) is 1. The lowest BCUT2D eigenvalue weighted by atomic mass is 10.0. The summed E-state index contributed by atoms with van der Waals surface area (Å²) in [6.07, 6.45) is 0.610. The maximum absolute atomic E-state index is 12.7. The highest BCUT2D eigenvalue weighted by molar-refractivity contribution is 6.00. The van der Waals surface area contributed by atoms with Crippen LogP contribution < -0.4 is 11.0 Å². The number of aromatic nitrogens is 2. The minimum absolute atomic E-state index is 0.224. The van der Waals surface area contributed by atoms with Crippen molar-refractivity contribution in [2.24, 2.45) is 7.05 Å². The first-order valence-electron chi connectivity index (χ1n) is 8.45. The number of rotatable bonds is 2. The normalized spacial score (nSPS) is 17.7. The van der Waals surface area contributed by atoms with Crippen molar-refractivity contribution < 1.29 is 9.59 Å². The maximum atomic E-state index is 12.7. The Morgan fingerprint density at radius 2 is 1.83 bits per heavy atom. The van der Waals surface area contributed by atoms with Crippen LogP contribution in [0.4, 0.5) is 0 Å². The Morgan fingerprint density at radius 1 is 1.17 bits per heavy atom. The van der Waals surface area contributed by atoms with Crippen molar-refractivity contribution in [3.63, 3.8) is 0 Å². The standard InChI is InChI=1S/C16H19N3O3.C2H6/c1-9(2)10-5-4-6-11-14(10)18(3)16(22)19(11)12-7-8-13(20)17-15(12)21;1-2/h4-6,9,12H,7-8H2,1-3H3,(H,17,20,21);1-2H3. The number of hydrogen-bond acceptors (Lipinski definition) is 3. The molecule has 1 aliphatic heterocycles. The molecule has 2 aromatic rings. The Labute approximate surface area is 141 Å². The fourth-order valence-corrected chi connectivity index (χ4v) is 3.16. The summed E-state index contributed by atoms with van der Waals surface area (Å²) in [4.78, 5) is 36.1. The SMILES string of the molecule is CC.CC(C)c1cccc2c1n(C)c(=O)n2C1CCC(=O)NC1=O. The van der Waals surface area contributed by atoms with Gasteiger partial charge in [-0.25, -0.2) is 4.79 Å². The minimum atomic E-state index is -0.628. The molecular formula is C18H25N3O3. The van der Waals surface area contributed by atoms with Crippen LogP contribution in [0.2, 0.25) is 0 Å². The highest BCUT2D eigenvalue weighted by atomic mass is 16.2. The molecule has 3 rings (SSSR count). The summed E-state index contributed by atoms with van der Waals surface area (Å²) in [5.41, 5.74) is 2.45. The van der Waals surface area contributed by atoms with Gasteiger partial charge in [0.05, 0.1) is 11.0 Å². The number of imide groups is 1. The van der Waals surface area contributed by atoms with E-state index in [0.717, 1.165) is 16.6 Å². The molecule has 1 N–H and O–H groups in total. The van der Waals surface area contributed by atoms with Gasteiger partial charge >= 0.3 is 5.69 Å². The number of aryl methyl sites for hydroxylation is 1. The molecule has 1 fully saturated rings. The topological polar surface area (TPSA) is 73.1 Å². The van der Waals surface area contributed by atoms with Crippen LogP contribution in [0.15, 0.2) is 23.0 Å². The van der Waals surface area contributed by atoms with Crippen LogP contribution in [0, 0.1) is 0 Å². The number of para-hydroxylation sites is 1. The lowest BCUT2D eigenvalue weighted by Gasteiger charge is -2.22. The second-order valence-electron chi connectivity index (χ2n) is 6.05. The summed E-state index contributed by atoms with van der Waals surface area (Å²) in [5, 5.41) is 2.32. The van der Waals surface area contributed by atoms with Gasteiger partial charge in [0.25, 0.3) is 0 Å². The van der Waals surface area contributed by atoms with Crippen LogP contribution in [-0.4, -0.2) is 20.9 Å². The van der Waals surface area contributed by atoms with E-state index < -0.39 is 11.9 Å². The third kappa shape index (κ3) is 2.88. The first kappa shape index (κ1) is 18.0. The lowest BCUT2D eigenvalue weighted by molar-refractivity contribution is -0.135. The summed E-state index contributed by atoms with van der Waals surface area (Å²) >= 11 is 0. The second kappa shape index (κ2) is 7.03. The fourth-order valence-electron chi connectivity index (χ4n) is 3.16. The maximum Gasteiger partial charge on any atom is 0.329 e. The van der Waals surface area contributed by atoms with Crippen molar-refractivity contribution >= 4 is 22.8 Å². The van der Waals surface area contributed by atoms with E-state index in [1.165, 1.54) is 4.57 Å². The summed E-state index contributed by atoms with van der Waals surface area (Å²) in [5.74, 6) is -0.412. The Hall–Kier alpha value is -2.37. The minimum Gasteiger partial charge on any atom is -0.295 e. The first-order chi connectivity index (χ1) is 11.4. The van der Waals surface area contributed by atoms with Gasteiger partial charge in [-0.1, -0.05) is 39.8 Å². The summed E-state index contributed by atoms with van der Waals surface area (Å²) < 4.78 is 3.11. The molecule has 1 aromatic carbocycles. The van der Waals surface area contributed by atoms with E-state index in [1.807, 2.05) is 32.0 Å². The zero-order chi connectivity index (χ0) is 18.0. The molecule has 0 spiro atoms. The average molecular weight is 331 g/mol. The largest absolute Gasteiger partial charge is 0.329 e. The third-order valence-electron chi connectivity index (χ3n) is 4.28. The van der Waals surface area contributed by atoms with Crippen LogP contribution >= 0.6 is 0 Å². The van der Waals surface area contributed by atoms with Gasteiger partial charge in [0, 0.05) is 13.5 Å². The van der Waals surface area contributed by atoms with E-state index in [-0.39, 0.29) is 23.9 Å². The molecule has 1 aliphatic rings. The monoisotopic (exact) mass is 331 g/mol. The molecule has 130 valence electrons. The molecular weight excluding hydrogens is 306 g/mol. The number of fused-ring (bicyclic) bond motifs is 1. The Balaban J connectivity index is 0.00000100. The summed E-state index contributed by atoms with van der Waals surface area (Å²) in [6, 6.07) is 5.13. The number of nitrogens with zero attached hydrogens (tertiary/aromatic N) is 2. The first-order valence-corrected chi connectivity index (χ1v) is 8.45. The fraction of sp³-hybridized carbons (Fsp3) is 0.500. The van der Waals surface area contributed by atoms with Crippen LogP contribution in [-0.2, 0) is 16.6 Å². The zero-order valence-electron chi connectivity index (χ0n) is 14.9. The zero-order valence-corrected chi connectivity index (χ0v) is 14.9. The predicted molar refractivity (Wildman–Crippen MR) is 94.0 cm³/mol. The van der Waals surface area contributed by atoms with Gasteiger partial charge in [0.1, 0.15) is 6.04 Å². The quantitative estimate of drug-likeness (QED) is 0.859.